The lowest BCUT2D eigenvalue weighted by atomic mass is 9.94. The van der Waals surface area contributed by atoms with Crippen LogP contribution in [0, 0.1) is 5.92 Å². The number of sulfonamides is 1. The second-order valence-electron chi connectivity index (χ2n) is 6.84. The van der Waals surface area contributed by atoms with E-state index in [-0.39, 0.29) is 11.8 Å². The summed E-state index contributed by atoms with van der Waals surface area (Å²) in [6.45, 7) is 3.99. The predicted molar refractivity (Wildman–Crippen MR) is 110 cm³/mol. The average molecular weight is 423 g/mol. The summed E-state index contributed by atoms with van der Waals surface area (Å²) in [7, 11) is -3.38. The number of nitrogens with one attached hydrogen (secondary N) is 1. The maximum atomic E-state index is 12.5. The molecule has 3 rings (SSSR count). The van der Waals surface area contributed by atoms with Crippen LogP contribution in [0.5, 0.6) is 5.75 Å². The molecule has 1 amide bonds. The van der Waals surface area contributed by atoms with Gasteiger partial charge in [0, 0.05) is 26.1 Å². The van der Waals surface area contributed by atoms with Crippen molar-refractivity contribution in [3.05, 3.63) is 47.3 Å². The lowest BCUT2D eigenvalue weighted by molar-refractivity contribution is -0.122. The molecule has 0 spiro atoms. The Kier molecular flexibility index (Phi) is 7.09. The van der Waals surface area contributed by atoms with Crippen LogP contribution in [0.1, 0.15) is 31.7 Å². The maximum Gasteiger partial charge on any atom is 0.252 e. The fraction of sp³-hybridized carbons (Fsp3) is 0.450. The summed E-state index contributed by atoms with van der Waals surface area (Å²) in [5, 5.41) is 4.72. The SMILES string of the molecule is CCOc1ccc(CNC(=O)CC2CCN(S(=O)(=O)c3cccs3)CC2)cc1. The topological polar surface area (TPSA) is 75.7 Å². The summed E-state index contributed by atoms with van der Waals surface area (Å²) in [5.41, 5.74) is 1.02. The molecule has 2 aromatic rings. The molecule has 28 heavy (non-hydrogen) atoms. The number of amides is 1. The van der Waals surface area contributed by atoms with Crippen LogP contribution < -0.4 is 10.1 Å². The molecule has 0 radical (unpaired) electrons. The normalized spacial score (nSPS) is 16.0. The molecular weight excluding hydrogens is 396 g/mol. The molecule has 6 nitrogen and oxygen atoms in total. The van der Waals surface area contributed by atoms with Gasteiger partial charge in [0.25, 0.3) is 10.0 Å². The largest absolute Gasteiger partial charge is 0.494 e. The summed E-state index contributed by atoms with van der Waals surface area (Å²) < 4.78 is 32.4. The van der Waals surface area contributed by atoms with Gasteiger partial charge in [-0.15, -0.1) is 11.3 Å². The fourth-order valence-corrected chi connectivity index (χ4v) is 5.91. The van der Waals surface area contributed by atoms with E-state index in [0.717, 1.165) is 11.3 Å². The summed E-state index contributed by atoms with van der Waals surface area (Å²) in [6.07, 6.45) is 1.85. The van der Waals surface area contributed by atoms with Gasteiger partial charge in [-0.2, -0.15) is 4.31 Å². The van der Waals surface area contributed by atoms with Gasteiger partial charge >= 0.3 is 0 Å². The van der Waals surface area contributed by atoms with E-state index in [1.807, 2.05) is 31.2 Å². The zero-order valence-electron chi connectivity index (χ0n) is 16.0. The van der Waals surface area contributed by atoms with E-state index >= 15 is 0 Å². The Bertz CT molecular complexity index is 856. The lowest BCUT2D eigenvalue weighted by Gasteiger charge is -2.30. The van der Waals surface area contributed by atoms with Crippen LogP contribution in [-0.4, -0.2) is 38.3 Å². The van der Waals surface area contributed by atoms with Gasteiger partial charge in [0.1, 0.15) is 9.96 Å². The van der Waals surface area contributed by atoms with E-state index in [1.54, 1.807) is 17.5 Å². The summed E-state index contributed by atoms with van der Waals surface area (Å²) >= 11 is 1.24. The van der Waals surface area contributed by atoms with Crippen molar-refractivity contribution in [3.63, 3.8) is 0 Å². The van der Waals surface area contributed by atoms with Crippen molar-refractivity contribution in [1.82, 2.24) is 9.62 Å². The highest BCUT2D eigenvalue weighted by atomic mass is 32.2. The molecule has 1 N–H and O–H groups in total. The standard InChI is InChI=1S/C20H26N2O4S2/c1-2-26-18-7-5-17(6-8-18)15-21-19(23)14-16-9-11-22(12-10-16)28(24,25)20-4-3-13-27-20/h3-8,13,16H,2,9-12,14-15H2,1H3,(H,21,23). The van der Waals surface area contributed by atoms with Crippen LogP contribution in [0.2, 0.25) is 0 Å². The smallest absolute Gasteiger partial charge is 0.252 e. The minimum absolute atomic E-state index is 0.00782. The van der Waals surface area contributed by atoms with Crippen LogP contribution in [0.15, 0.2) is 46.0 Å². The number of piperidine rings is 1. The first-order valence-electron chi connectivity index (χ1n) is 9.51. The molecule has 1 aromatic carbocycles. The van der Waals surface area contributed by atoms with Crippen LogP contribution in [-0.2, 0) is 21.4 Å². The number of rotatable bonds is 8. The third kappa shape index (κ3) is 5.33. The zero-order chi connectivity index (χ0) is 20.0. The first kappa shape index (κ1) is 20.8. The molecule has 1 aliphatic rings. The molecule has 0 saturated carbocycles. The van der Waals surface area contributed by atoms with Gasteiger partial charge < -0.3 is 10.1 Å². The molecule has 1 aromatic heterocycles. The third-order valence-electron chi connectivity index (χ3n) is 4.86. The molecule has 0 atom stereocenters. The highest BCUT2D eigenvalue weighted by Gasteiger charge is 2.30. The van der Waals surface area contributed by atoms with Crippen molar-refractivity contribution in [2.75, 3.05) is 19.7 Å². The Morgan fingerprint density at radius 3 is 2.54 bits per heavy atom. The third-order valence-corrected chi connectivity index (χ3v) is 8.13. The van der Waals surface area contributed by atoms with Crippen molar-refractivity contribution in [2.45, 2.75) is 36.9 Å². The van der Waals surface area contributed by atoms with E-state index < -0.39 is 10.0 Å². The number of hydrogen-bond acceptors (Lipinski definition) is 5. The van der Waals surface area contributed by atoms with Gasteiger partial charge in [-0.05, 0) is 54.8 Å². The van der Waals surface area contributed by atoms with E-state index in [9.17, 15) is 13.2 Å². The van der Waals surface area contributed by atoms with Crippen LogP contribution in [0.4, 0.5) is 0 Å². The van der Waals surface area contributed by atoms with E-state index in [2.05, 4.69) is 5.32 Å². The summed E-state index contributed by atoms with van der Waals surface area (Å²) in [6, 6.07) is 11.1. The molecule has 1 fully saturated rings. The Morgan fingerprint density at radius 2 is 1.93 bits per heavy atom. The van der Waals surface area contributed by atoms with Gasteiger partial charge in [0.05, 0.1) is 6.61 Å². The van der Waals surface area contributed by atoms with Crippen LogP contribution >= 0.6 is 11.3 Å². The van der Waals surface area contributed by atoms with Crippen molar-refractivity contribution >= 4 is 27.3 Å². The van der Waals surface area contributed by atoms with E-state index in [0.29, 0.717) is 49.7 Å². The molecule has 1 saturated heterocycles. The van der Waals surface area contributed by atoms with Gasteiger partial charge in [0.15, 0.2) is 0 Å². The second-order valence-corrected chi connectivity index (χ2v) is 9.95. The second kappa shape index (κ2) is 9.54. The number of ether oxygens (including phenoxy) is 1. The number of carbonyl (C=O) groups excluding carboxylic acids is 1. The first-order valence-corrected chi connectivity index (χ1v) is 11.8. The highest BCUT2D eigenvalue weighted by molar-refractivity contribution is 7.91. The highest BCUT2D eigenvalue weighted by Crippen LogP contribution is 2.27. The van der Waals surface area contributed by atoms with Gasteiger partial charge in [0.2, 0.25) is 5.91 Å². The molecule has 0 unspecified atom stereocenters. The van der Waals surface area contributed by atoms with Crippen LogP contribution in [0.25, 0.3) is 0 Å². The Morgan fingerprint density at radius 1 is 1.21 bits per heavy atom. The molecule has 1 aliphatic heterocycles. The fourth-order valence-electron chi connectivity index (χ4n) is 3.30. The van der Waals surface area contributed by atoms with Crippen molar-refractivity contribution < 1.29 is 17.9 Å². The van der Waals surface area contributed by atoms with Gasteiger partial charge in [-0.1, -0.05) is 18.2 Å². The van der Waals surface area contributed by atoms with E-state index in [4.69, 9.17) is 4.74 Å². The molecule has 8 heteroatoms. The number of carbonyl (C=O) groups is 1. The summed E-state index contributed by atoms with van der Waals surface area (Å²) in [5.74, 6) is 1.05. The minimum atomic E-state index is -3.38. The predicted octanol–water partition coefficient (Wildman–Crippen LogP) is 3.25. The Labute approximate surface area is 170 Å². The van der Waals surface area contributed by atoms with Crippen molar-refractivity contribution in [1.29, 1.82) is 0 Å². The van der Waals surface area contributed by atoms with Crippen LogP contribution in [0.3, 0.4) is 0 Å². The summed E-state index contributed by atoms with van der Waals surface area (Å²) in [4.78, 5) is 12.3. The molecule has 0 bridgehead atoms. The minimum Gasteiger partial charge on any atom is -0.494 e. The number of hydrogen-bond donors (Lipinski definition) is 1. The molecule has 0 aliphatic carbocycles. The molecule has 152 valence electrons. The number of nitrogens with zero attached hydrogens (tertiary/aromatic N) is 1. The van der Waals surface area contributed by atoms with Crippen molar-refractivity contribution in [2.24, 2.45) is 5.92 Å². The monoisotopic (exact) mass is 422 g/mol. The number of benzene rings is 1. The van der Waals surface area contributed by atoms with Gasteiger partial charge in [-0.25, -0.2) is 8.42 Å². The lowest BCUT2D eigenvalue weighted by Crippen LogP contribution is -2.39. The average Bonchev–Trinajstić information content (AvgIpc) is 3.24. The first-order chi connectivity index (χ1) is 13.5. The van der Waals surface area contributed by atoms with Gasteiger partial charge in [-0.3, -0.25) is 4.79 Å². The van der Waals surface area contributed by atoms with E-state index in [1.165, 1.54) is 15.6 Å². The number of thiophene rings is 1. The zero-order valence-corrected chi connectivity index (χ0v) is 17.6. The Balaban J connectivity index is 1.42. The maximum absolute atomic E-state index is 12.5. The Hall–Kier alpha value is -1.90. The quantitative estimate of drug-likeness (QED) is 0.709. The van der Waals surface area contributed by atoms with Crippen molar-refractivity contribution in [3.8, 4) is 5.75 Å². The molecule has 2 heterocycles. The molecular formula is C20H26N2O4S2.